The van der Waals surface area contributed by atoms with Crippen LogP contribution in [0.25, 0.3) is 11.1 Å². The predicted molar refractivity (Wildman–Crippen MR) is 85.9 cm³/mol. The van der Waals surface area contributed by atoms with Gasteiger partial charge in [0.2, 0.25) is 5.91 Å². The molecular formula is C16H22N4O2. The Kier molecular flexibility index (Phi) is 4.13. The monoisotopic (exact) mass is 302 g/mol. The molecule has 0 aliphatic carbocycles. The SMILES string of the molecule is Cc1nc2ccc(NC(=O)[C@@H](C)N3CCN(C)CC3)cc2o1. The Balaban J connectivity index is 1.66. The summed E-state index contributed by atoms with van der Waals surface area (Å²) in [5, 5.41) is 2.97. The van der Waals surface area contributed by atoms with Gasteiger partial charge in [0.05, 0.1) is 6.04 Å². The number of benzene rings is 1. The van der Waals surface area contributed by atoms with Gasteiger partial charge in [0.15, 0.2) is 11.5 Å². The van der Waals surface area contributed by atoms with E-state index in [0.717, 1.165) is 37.4 Å². The van der Waals surface area contributed by atoms with Crippen LogP contribution in [0.5, 0.6) is 0 Å². The van der Waals surface area contributed by atoms with Gasteiger partial charge in [0, 0.05) is 44.9 Å². The normalized spacial score (nSPS) is 18.5. The third-order valence-corrected chi connectivity index (χ3v) is 4.23. The maximum atomic E-state index is 12.4. The molecule has 3 rings (SSSR count). The third-order valence-electron chi connectivity index (χ3n) is 4.23. The molecule has 1 aliphatic rings. The van der Waals surface area contributed by atoms with Crippen LogP contribution in [0.3, 0.4) is 0 Å². The highest BCUT2D eigenvalue weighted by Gasteiger charge is 2.24. The Morgan fingerprint density at radius 3 is 2.77 bits per heavy atom. The van der Waals surface area contributed by atoms with Crippen molar-refractivity contribution in [3.8, 4) is 0 Å². The van der Waals surface area contributed by atoms with E-state index in [0.29, 0.717) is 11.5 Å². The minimum absolute atomic E-state index is 0.0140. The lowest BCUT2D eigenvalue weighted by Gasteiger charge is -2.35. The van der Waals surface area contributed by atoms with E-state index >= 15 is 0 Å². The molecule has 1 atom stereocenters. The Labute approximate surface area is 130 Å². The van der Waals surface area contributed by atoms with Crippen molar-refractivity contribution in [1.29, 1.82) is 0 Å². The first kappa shape index (κ1) is 15.0. The number of aryl methyl sites for hydroxylation is 1. The lowest BCUT2D eigenvalue weighted by molar-refractivity contribution is -0.121. The standard InChI is InChI=1S/C16H22N4O2/c1-11(20-8-6-19(3)7-9-20)16(21)18-13-4-5-14-15(10-13)22-12(2)17-14/h4-5,10-11H,6-9H2,1-3H3,(H,18,21)/t11-/m1/s1. The predicted octanol–water partition coefficient (Wildman–Crippen LogP) is 1.71. The quantitative estimate of drug-likeness (QED) is 0.935. The van der Waals surface area contributed by atoms with Gasteiger partial charge >= 0.3 is 0 Å². The van der Waals surface area contributed by atoms with E-state index < -0.39 is 0 Å². The molecule has 1 fully saturated rings. The highest BCUT2D eigenvalue weighted by atomic mass is 16.3. The van der Waals surface area contributed by atoms with Crippen molar-refractivity contribution in [3.05, 3.63) is 24.1 Å². The second-order valence-corrected chi connectivity index (χ2v) is 5.92. The van der Waals surface area contributed by atoms with Gasteiger partial charge in [0.1, 0.15) is 5.52 Å². The zero-order chi connectivity index (χ0) is 15.7. The first-order valence-corrected chi connectivity index (χ1v) is 7.63. The lowest BCUT2D eigenvalue weighted by atomic mass is 10.2. The zero-order valence-corrected chi connectivity index (χ0v) is 13.3. The summed E-state index contributed by atoms with van der Waals surface area (Å²) in [6.07, 6.45) is 0. The average Bonchev–Trinajstić information content (AvgIpc) is 2.86. The molecule has 0 radical (unpaired) electrons. The molecule has 1 aromatic heterocycles. The summed E-state index contributed by atoms with van der Waals surface area (Å²) in [7, 11) is 2.11. The summed E-state index contributed by atoms with van der Waals surface area (Å²) in [6, 6.07) is 5.41. The van der Waals surface area contributed by atoms with Gasteiger partial charge < -0.3 is 14.6 Å². The van der Waals surface area contributed by atoms with Gasteiger partial charge in [-0.1, -0.05) is 0 Å². The molecule has 22 heavy (non-hydrogen) atoms. The molecule has 2 heterocycles. The number of carbonyl (C=O) groups excluding carboxylic acids is 1. The van der Waals surface area contributed by atoms with Gasteiger partial charge in [-0.15, -0.1) is 0 Å². The van der Waals surface area contributed by atoms with Gasteiger partial charge in [-0.3, -0.25) is 9.69 Å². The fraction of sp³-hybridized carbons (Fsp3) is 0.500. The molecule has 118 valence electrons. The van der Waals surface area contributed by atoms with E-state index in [2.05, 4.69) is 27.1 Å². The number of piperazine rings is 1. The Hall–Kier alpha value is -1.92. The van der Waals surface area contributed by atoms with Crippen LogP contribution in [0.1, 0.15) is 12.8 Å². The third kappa shape index (κ3) is 3.13. The summed E-state index contributed by atoms with van der Waals surface area (Å²) in [4.78, 5) is 21.2. The number of anilines is 1. The number of aromatic nitrogens is 1. The minimum atomic E-state index is -0.138. The van der Waals surface area contributed by atoms with E-state index in [-0.39, 0.29) is 11.9 Å². The van der Waals surface area contributed by atoms with Crippen molar-refractivity contribution in [3.63, 3.8) is 0 Å². The minimum Gasteiger partial charge on any atom is -0.441 e. The summed E-state index contributed by atoms with van der Waals surface area (Å²) in [5.74, 6) is 0.643. The molecule has 1 N–H and O–H groups in total. The second-order valence-electron chi connectivity index (χ2n) is 5.92. The van der Waals surface area contributed by atoms with Crippen molar-refractivity contribution in [2.75, 3.05) is 38.5 Å². The molecule has 1 saturated heterocycles. The number of amides is 1. The summed E-state index contributed by atoms with van der Waals surface area (Å²) < 4.78 is 5.50. The van der Waals surface area contributed by atoms with Crippen LogP contribution in [-0.4, -0.2) is 60.0 Å². The Morgan fingerprint density at radius 2 is 2.05 bits per heavy atom. The average molecular weight is 302 g/mol. The molecule has 1 aromatic carbocycles. The van der Waals surface area contributed by atoms with Gasteiger partial charge in [-0.25, -0.2) is 4.98 Å². The summed E-state index contributed by atoms with van der Waals surface area (Å²) in [5.41, 5.74) is 2.25. The van der Waals surface area contributed by atoms with E-state index in [1.165, 1.54) is 0 Å². The maximum absolute atomic E-state index is 12.4. The zero-order valence-electron chi connectivity index (χ0n) is 13.3. The van der Waals surface area contributed by atoms with Crippen molar-refractivity contribution in [2.45, 2.75) is 19.9 Å². The number of nitrogens with zero attached hydrogens (tertiary/aromatic N) is 3. The number of hydrogen-bond donors (Lipinski definition) is 1. The van der Waals surface area contributed by atoms with Crippen molar-refractivity contribution >= 4 is 22.7 Å². The van der Waals surface area contributed by atoms with Crippen LogP contribution in [0.4, 0.5) is 5.69 Å². The number of fused-ring (bicyclic) bond motifs is 1. The molecule has 0 unspecified atom stereocenters. The summed E-state index contributed by atoms with van der Waals surface area (Å²) in [6.45, 7) is 7.62. The van der Waals surface area contributed by atoms with Gasteiger partial charge in [-0.2, -0.15) is 0 Å². The number of carbonyl (C=O) groups is 1. The molecular weight excluding hydrogens is 280 g/mol. The molecule has 0 bridgehead atoms. The molecule has 1 amide bonds. The van der Waals surface area contributed by atoms with Crippen LogP contribution in [0.15, 0.2) is 22.6 Å². The number of rotatable bonds is 3. The number of hydrogen-bond acceptors (Lipinski definition) is 5. The van der Waals surface area contributed by atoms with E-state index in [1.54, 1.807) is 0 Å². The number of nitrogens with one attached hydrogen (secondary N) is 1. The first-order valence-electron chi connectivity index (χ1n) is 7.63. The van der Waals surface area contributed by atoms with Crippen LogP contribution >= 0.6 is 0 Å². The van der Waals surface area contributed by atoms with E-state index in [9.17, 15) is 4.79 Å². The van der Waals surface area contributed by atoms with Gasteiger partial charge in [-0.05, 0) is 26.1 Å². The fourth-order valence-corrected chi connectivity index (χ4v) is 2.74. The Bertz CT molecular complexity index is 674. The highest BCUT2D eigenvalue weighted by Crippen LogP contribution is 2.20. The molecule has 1 aliphatic heterocycles. The highest BCUT2D eigenvalue weighted by molar-refractivity contribution is 5.96. The second kappa shape index (κ2) is 6.06. The lowest BCUT2D eigenvalue weighted by Crippen LogP contribution is -2.51. The smallest absolute Gasteiger partial charge is 0.241 e. The van der Waals surface area contributed by atoms with Crippen molar-refractivity contribution in [2.24, 2.45) is 0 Å². The van der Waals surface area contributed by atoms with Crippen molar-refractivity contribution in [1.82, 2.24) is 14.8 Å². The van der Waals surface area contributed by atoms with Crippen LogP contribution < -0.4 is 5.32 Å². The molecule has 0 spiro atoms. The summed E-state index contributed by atoms with van der Waals surface area (Å²) >= 11 is 0. The Morgan fingerprint density at radius 1 is 1.32 bits per heavy atom. The number of likely N-dealkylation sites (N-methyl/N-ethyl adjacent to an activating group) is 1. The van der Waals surface area contributed by atoms with Crippen LogP contribution in [-0.2, 0) is 4.79 Å². The van der Waals surface area contributed by atoms with E-state index in [1.807, 2.05) is 32.0 Å². The van der Waals surface area contributed by atoms with Crippen LogP contribution in [0, 0.1) is 6.92 Å². The van der Waals surface area contributed by atoms with Crippen LogP contribution in [0.2, 0.25) is 0 Å². The van der Waals surface area contributed by atoms with E-state index in [4.69, 9.17) is 4.42 Å². The van der Waals surface area contributed by atoms with Gasteiger partial charge in [0.25, 0.3) is 0 Å². The molecule has 2 aromatic rings. The molecule has 6 heteroatoms. The molecule has 0 saturated carbocycles. The topological polar surface area (TPSA) is 61.6 Å². The van der Waals surface area contributed by atoms with Crippen molar-refractivity contribution < 1.29 is 9.21 Å². The molecule has 6 nitrogen and oxygen atoms in total. The fourth-order valence-electron chi connectivity index (χ4n) is 2.74. The maximum Gasteiger partial charge on any atom is 0.241 e. The first-order chi connectivity index (χ1) is 10.5. The largest absolute Gasteiger partial charge is 0.441 e. The number of oxazole rings is 1.